The van der Waals surface area contributed by atoms with E-state index in [0.717, 1.165) is 16.8 Å². The van der Waals surface area contributed by atoms with Gasteiger partial charge in [0.2, 0.25) is 5.95 Å². The van der Waals surface area contributed by atoms with Crippen LogP contribution in [0.5, 0.6) is 0 Å². The first-order chi connectivity index (χ1) is 7.84. The molecule has 0 aliphatic heterocycles. The lowest BCUT2D eigenvalue weighted by molar-refractivity contribution is 0.923. The van der Waals surface area contributed by atoms with Crippen LogP contribution in [-0.2, 0) is 0 Å². The summed E-state index contributed by atoms with van der Waals surface area (Å²) in [6.07, 6.45) is 5.23. The zero-order valence-corrected chi connectivity index (χ0v) is 8.41. The summed E-state index contributed by atoms with van der Waals surface area (Å²) in [5, 5.41) is 4.17. The van der Waals surface area contributed by atoms with Gasteiger partial charge >= 0.3 is 0 Å². The van der Waals surface area contributed by atoms with Crippen molar-refractivity contribution in [3.05, 3.63) is 42.9 Å². The van der Waals surface area contributed by atoms with Crippen molar-refractivity contribution < 1.29 is 0 Å². The van der Waals surface area contributed by atoms with Gasteiger partial charge in [0.1, 0.15) is 0 Å². The predicted octanol–water partition coefficient (Wildman–Crippen LogP) is 1.37. The fraction of sp³-hybridized carbons (Fsp3) is 0. The van der Waals surface area contributed by atoms with Crippen molar-refractivity contribution in [2.75, 3.05) is 5.73 Å². The smallest absolute Gasteiger partial charge is 0.238 e. The first-order valence-electron chi connectivity index (χ1n) is 4.85. The maximum atomic E-state index is 5.57. The summed E-state index contributed by atoms with van der Waals surface area (Å²) >= 11 is 0. The Morgan fingerprint density at radius 1 is 1.12 bits per heavy atom. The van der Waals surface area contributed by atoms with E-state index in [2.05, 4.69) is 15.1 Å². The summed E-state index contributed by atoms with van der Waals surface area (Å²) < 4.78 is 1.76. The Labute approximate surface area is 91.6 Å². The maximum Gasteiger partial charge on any atom is 0.238 e. The first-order valence-corrected chi connectivity index (χ1v) is 4.85. The average Bonchev–Trinajstić information content (AvgIpc) is 2.73. The predicted molar refractivity (Wildman–Crippen MR) is 60.6 cm³/mol. The van der Waals surface area contributed by atoms with Crippen molar-refractivity contribution in [1.82, 2.24) is 19.6 Å². The second-order valence-corrected chi connectivity index (χ2v) is 3.41. The zero-order valence-electron chi connectivity index (χ0n) is 8.41. The number of pyridine rings is 1. The average molecular weight is 211 g/mol. The summed E-state index contributed by atoms with van der Waals surface area (Å²) in [6, 6.07) is 7.79. The minimum Gasteiger partial charge on any atom is -0.367 e. The molecule has 0 spiro atoms. The molecule has 3 rings (SSSR count). The molecule has 5 nitrogen and oxygen atoms in total. The van der Waals surface area contributed by atoms with Gasteiger partial charge in [-0.2, -0.15) is 0 Å². The molecule has 0 unspecified atom stereocenters. The molecule has 0 bridgehead atoms. The normalized spacial score (nSPS) is 10.8. The molecule has 0 saturated carbocycles. The number of nitrogens with two attached hydrogens (primary N) is 1. The summed E-state index contributed by atoms with van der Waals surface area (Å²) in [5.74, 6) is 0.258. The van der Waals surface area contributed by atoms with E-state index in [0.29, 0.717) is 0 Å². The van der Waals surface area contributed by atoms with E-state index in [1.54, 1.807) is 23.1 Å². The first kappa shape index (κ1) is 8.84. The van der Waals surface area contributed by atoms with Crippen molar-refractivity contribution in [3.63, 3.8) is 0 Å². The lowest BCUT2D eigenvalue weighted by atomic mass is 10.2. The van der Waals surface area contributed by atoms with E-state index in [1.807, 2.05) is 24.3 Å². The van der Waals surface area contributed by atoms with Crippen LogP contribution in [0, 0.1) is 0 Å². The fourth-order valence-corrected chi connectivity index (χ4v) is 1.65. The second kappa shape index (κ2) is 3.30. The standard InChI is InChI=1S/C11H9N5/c12-11-14-7-9-3-4-10(16(9)15-11)8-2-1-5-13-6-8/h1-7H,(H2,12,15). The van der Waals surface area contributed by atoms with Gasteiger partial charge < -0.3 is 5.73 Å². The van der Waals surface area contributed by atoms with Crippen LogP contribution in [0.3, 0.4) is 0 Å². The molecule has 2 N–H and O–H groups in total. The molecule has 16 heavy (non-hydrogen) atoms. The van der Waals surface area contributed by atoms with Crippen LogP contribution in [0.1, 0.15) is 0 Å². The lowest BCUT2D eigenvalue weighted by Crippen LogP contribution is -2.01. The van der Waals surface area contributed by atoms with Crippen molar-refractivity contribution in [2.24, 2.45) is 0 Å². The number of nitrogens with zero attached hydrogens (tertiary/aromatic N) is 4. The molecule has 0 saturated heterocycles. The Morgan fingerprint density at radius 2 is 2.06 bits per heavy atom. The van der Waals surface area contributed by atoms with Crippen molar-refractivity contribution in [2.45, 2.75) is 0 Å². The highest BCUT2D eigenvalue weighted by Gasteiger charge is 2.05. The van der Waals surface area contributed by atoms with Gasteiger partial charge in [-0.25, -0.2) is 9.50 Å². The number of hydrogen-bond acceptors (Lipinski definition) is 4. The minimum atomic E-state index is 0.258. The number of aromatic nitrogens is 4. The SMILES string of the molecule is Nc1ncc2ccc(-c3cccnc3)n2n1. The number of anilines is 1. The van der Waals surface area contributed by atoms with Gasteiger partial charge in [0.25, 0.3) is 0 Å². The topological polar surface area (TPSA) is 69.1 Å². The Bertz CT molecular complexity index is 629. The van der Waals surface area contributed by atoms with E-state index in [-0.39, 0.29) is 5.95 Å². The molecule has 0 aliphatic rings. The van der Waals surface area contributed by atoms with Crippen LogP contribution >= 0.6 is 0 Å². The summed E-state index contributed by atoms with van der Waals surface area (Å²) in [6.45, 7) is 0. The second-order valence-electron chi connectivity index (χ2n) is 3.41. The van der Waals surface area contributed by atoms with Crippen LogP contribution in [0.25, 0.3) is 16.8 Å². The molecule has 78 valence electrons. The molecule has 3 aromatic rings. The lowest BCUT2D eigenvalue weighted by Gasteiger charge is -2.01. The largest absolute Gasteiger partial charge is 0.367 e. The van der Waals surface area contributed by atoms with E-state index in [9.17, 15) is 0 Å². The van der Waals surface area contributed by atoms with E-state index < -0.39 is 0 Å². The van der Waals surface area contributed by atoms with Crippen molar-refractivity contribution >= 4 is 11.5 Å². The molecule has 0 radical (unpaired) electrons. The number of fused-ring (bicyclic) bond motifs is 1. The Morgan fingerprint density at radius 3 is 2.88 bits per heavy atom. The molecule has 3 heterocycles. The number of nitrogen functional groups attached to an aromatic ring is 1. The maximum absolute atomic E-state index is 5.57. The Hall–Kier alpha value is -2.43. The van der Waals surface area contributed by atoms with Gasteiger partial charge in [-0.3, -0.25) is 4.98 Å². The van der Waals surface area contributed by atoms with Crippen LogP contribution in [0.15, 0.2) is 42.9 Å². The summed E-state index contributed by atoms with van der Waals surface area (Å²) in [7, 11) is 0. The molecule has 3 aromatic heterocycles. The van der Waals surface area contributed by atoms with Gasteiger partial charge in [-0.1, -0.05) is 0 Å². The molecule has 0 aromatic carbocycles. The van der Waals surface area contributed by atoms with Crippen LogP contribution in [0.2, 0.25) is 0 Å². The fourth-order valence-electron chi connectivity index (χ4n) is 1.65. The third-order valence-electron chi connectivity index (χ3n) is 2.37. The van der Waals surface area contributed by atoms with Crippen molar-refractivity contribution in [1.29, 1.82) is 0 Å². The van der Waals surface area contributed by atoms with Crippen LogP contribution in [0.4, 0.5) is 5.95 Å². The Kier molecular flexibility index (Phi) is 1.83. The molecule has 5 heteroatoms. The third kappa shape index (κ3) is 1.30. The monoisotopic (exact) mass is 211 g/mol. The van der Waals surface area contributed by atoms with E-state index in [1.165, 1.54) is 0 Å². The van der Waals surface area contributed by atoms with Gasteiger partial charge in [0.15, 0.2) is 0 Å². The minimum absolute atomic E-state index is 0.258. The molecule has 0 atom stereocenters. The molecular formula is C11H9N5. The highest BCUT2D eigenvalue weighted by molar-refractivity contribution is 5.65. The zero-order chi connectivity index (χ0) is 11.0. The summed E-state index contributed by atoms with van der Waals surface area (Å²) in [4.78, 5) is 8.03. The third-order valence-corrected chi connectivity index (χ3v) is 2.37. The molecule has 0 fully saturated rings. The van der Waals surface area contributed by atoms with Crippen LogP contribution < -0.4 is 5.73 Å². The van der Waals surface area contributed by atoms with E-state index >= 15 is 0 Å². The van der Waals surface area contributed by atoms with Crippen molar-refractivity contribution in [3.8, 4) is 11.3 Å². The highest BCUT2D eigenvalue weighted by atomic mass is 15.3. The van der Waals surface area contributed by atoms with Gasteiger partial charge in [0.05, 0.1) is 17.4 Å². The number of hydrogen-bond donors (Lipinski definition) is 1. The molecule has 0 amide bonds. The molecular weight excluding hydrogens is 202 g/mol. The molecule has 0 aliphatic carbocycles. The quantitative estimate of drug-likeness (QED) is 0.660. The van der Waals surface area contributed by atoms with E-state index in [4.69, 9.17) is 5.73 Å². The van der Waals surface area contributed by atoms with Crippen LogP contribution in [-0.4, -0.2) is 19.6 Å². The summed E-state index contributed by atoms with van der Waals surface area (Å²) in [5.41, 5.74) is 8.44. The highest BCUT2D eigenvalue weighted by Crippen LogP contribution is 2.20. The Balaban J connectivity index is 2.29. The van der Waals surface area contributed by atoms with Gasteiger partial charge in [0, 0.05) is 18.0 Å². The van der Waals surface area contributed by atoms with Gasteiger partial charge in [-0.15, -0.1) is 5.10 Å². The number of rotatable bonds is 1. The van der Waals surface area contributed by atoms with Gasteiger partial charge in [-0.05, 0) is 24.3 Å².